The number of aliphatic hydroxyl groups is 1. The molecule has 0 radical (unpaired) electrons. The predicted molar refractivity (Wildman–Crippen MR) is 70.6 cm³/mol. The largest absolute Gasteiger partial charge is 0.399 e. The number of likely N-dealkylation sites (N-methyl/N-ethyl adjacent to an activating group) is 1. The van der Waals surface area contributed by atoms with Crippen molar-refractivity contribution in [1.82, 2.24) is 4.90 Å². The van der Waals surface area contributed by atoms with E-state index < -0.39 is 0 Å². The maximum atomic E-state index is 8.87. The van der Waals surface area contributed by atoms with Crippen molar-refractivity contribution in [2.75, 3.05) is 31.2 Å². The first-order chi connectivity index (χ1) is 7.17. The smallest absolute Gasteiger partial charge is 0.0558 e. The van der Waals surface area contributed by atoms with Gasteiger partial charge in [-0.1, -0.05) is 6.92 Å². The quantitative estimate of drug-likeness (QED) is 0.679. The molecule has 1 rings (SSSR count). The first-order valence-corrected chi connectivity index (χ1v) is 5.14. The molecular formula is C11H20ClN3O. The minimum absolute atomic E-state index is 0. The summed E-state index contributed by atoms with van der Waals surface area (Å²) in [5.74, 6) is 0. The molecule has 0 unspecified atom stereocenters. The van der Waals surface area contributed by atoms with Crippen LogP contribution in [0.3, 0.4) is 0 Å². The van der Waals surface area contributed by atoms with Crippen LogP contribution in [-0.2, 0) is 6.54 Å². The topological polar surface area (TPSA) is 75.5 Å². The molecule has 0 saturated heterocycles. The van der Waals surface area contributed by atoms with E-state index in [0.29, 0.717) is 6.54 Å². The van der Waals surface area contributed by atoms with Gasteiger partial charge in [0.1, 0.15) is 0 Å². The number of nitrogen functional groups attached to an aromatic ring is 2. The summed E-state index contributed by atoms with van der Waals surface area (Å²) in [7, 11) is 0. The number of halogens is 1. The van der Waals surface area contributed by atoms with Crippen LogP contribution in [0.5, 0.6) is 0 Å². The van der Waals surface area contributed by atoms with E-state index >= 15 is 0 Å². The van der Waals surface area contributed by atoms with Crippen LogP contribution in [0, 0.1) is 0 Å². The second kappa shape index (κ2) is 7.33. The van der Waals surface area contributed by atoms with Gasteiger partial charge in [-0.15, -0.1) is 12.4 Å². The average Bonchev–Trinajstić information content (AvgIpc) is 2.22. The van der Waals surface area contributed by atoms with Crippen molar-refractivity contribution in [3.05, 3.63) is 23.8 Å². The fraction of sp³-hybridized carbons (Fsp3) is 0.455. The molecule has 5 N–H and O–H groups in total. The third-order valence-corrected chi connectivity index (χ3v) is 2.42. The Balaban J connectivity index is 0.00000225. The normalized spacial score (nSPS) is 10.2. The van der Waals surface area contributed by atoms with Crippen molar-refractivity contribution in [3.8, 4) is 0 Å². The number of benzene rings is 1. The summed E-state index contributed by atoms with van der Waals surface area (Å²) in [5, 5.41) is 8.87. The lowest BCUT2D eigenvalue weighted by Gasteiger charge is -2.20. The number of hydrogen-bond acceptors (Lipinski definition) is 4. The molecule has 0 aromatic heterocycles. The van der Waals surface area contributed by atoms with Gasteiger partial charge >= 0.3 is 0 Å². The molecule has 1 aromatic rings. The molecule has 5 heteroatoms. The van der Waals surface area contributed by atoms with E-state index in [0.717, 1.165) is 30.0 Å². The van der Waals surface area contributed by atoms with Gasteiger partial charge in [-0.3, -0.25) is 4.90 Å². The van der Waals surface area contributed by atoms with Crippen molar-refractivity contribution < 1.29 is 5.11 Å². The number of nitrogens with zero attached hydrogens (tertiary/aromatic N) is 1. The van der Waals surface area contributed by atoms with Crippen LogP contribution in [0.2, 0.25) is 0 Å². The number of anilines is 2. The molecule has 0 aliphatic carbocycles. The molecule has 0 spiro atoms. The zero-order valence-electron chi connectivity index (χ0n) is 9.52. The lowest BCUT2D eigenvalue weighted by atomic mass is 10.1. The highest BCUT2D eigenvalue weighted by molar-refractivity contribution is 5.85. The highest BCUT2D eigenvalue weighted by Gasteiger charge is 2.05. The Morgan fingerprint density at radius 3 is 2.56 bits per heavy atom. The third-order valence-electron chi connectivity index (χ3n) is 2.42. The molecule has 16 heavy (non-hydrogen) atoms. The Morgan fingerprint density at radius 1 is 1.31 bits per heavy atom. The van der Waals surface area contributed by atoms with E-state index in [4.69, 9.17) is 16.6 Å². The second-order valence-corrected chi connectivity index (χ2v) is 3.55. The van der Waals surface area contributed by atoms with E-state index in [1.165, 1.54) is 0 Å². The van der Waals surface area contributed by atoms with Gasteiger partial charge in [0.15, 0.2) is 0 Å². The van der Waals surface area contributed by atoms with Crippen LogP contribution in [0.15, 0.2) is 18.2 Å². The maximum absolute atomic E-state index is 8.87. The Hall–Kier alpha value is -0.970. The van der Waals surface area contributed by atoms with Gasteiger partial charge in [0.05, 0.1) is 6.61 Å². The van der Waals surface area contributed by atoms with Crippen LogP contribution in [0.1, 0.15) is 12.5 Å². The third kappa shape index (κ3) is 4.26. The molecule has 0 bridgehead atoms. The van der Waals surface area contributed by atoms with Crippen LogP contribution < -0.4 is 11.5 Å². The summed E-state index contributed by atoms with van der Waals surface area (Å²) < 4.78 is 0. The molecule has 92 valence electrons. The fourth-order valence-electron chi connectivity index (χ4n) is 1.49. The highest BCUT2D eigenvalue weighted by atomic mass is 35.5. The molecule has 1 aromatic carbocycles. The summed E-state index contributed by atoms with van der Waals surface area (Å²) in [6.45, 7) is 4.49. The van der Waals surface area contributed by atoms with Crippen molar-refractivity contribution in [3.63, 3.8) is 0 Å². The lowest BCUT2D eigenvalue weighted by molar-refractivity contribution is 0.197. The predicted octanol–water partition coefficient (Wildman–Crippen LogP) is 1.09. The van der Waals surface area contributed by atoms with E-state index in [1.807, 2.05) is 12.1 Å². The van der Waals surface area contributed by atoms with Crippen molar-refractivity contribution >= 4 is 23.8 Å². The molecule has 0 atom stereocenters. The van der Waals surface area contributed by atoms with Gasteiger partial charge in [0.2, 0.25) is 0 Å². The summed E-state index contributed by atoms with van der Waals surface area (Å²) in [6, 6.07) is 5.49. The Kier molecular flexibility index (Phi) is 6.88. The van der Waals surface area contributed by atoms with Crippen molar-refractivity contribution in [1.29, 1.82) is 0 Å². The fourth-order valence-corrected chi connectivity index (χ4v) is 1.49. The van der Waals surface area contributed by atoms with Crippen LogP contribution >= 0.6 is 12.4 Å². The number of aliphatic hydroxyl groups excluding tert-OH is 1. The molecule has 0 aliphatic heterocycles. The summed E-state index contributed by atoms with van der Waals surface area (Å²) in [5.41, 5.74) is 14.0. The molecular weight excluding hydrogens is 226 g/mol. The summed E-state index contributed by atoms with van der Waals surface area (Å²) in [6.07, 6.45) is 0. The first-order valence-electron chi connectivity index (χ1n) is 5.14. The molecule has 0 heterocycles. The first kappa shape index (κ1) is 15.0. The zero-order chi connectivity index (χ0) is 11.3. The number of rotatable bonds is 5. The molecule has 0 fully saturated rings. The van der Waals surface area contributed by atoms with E-state index in [9.17, 15) is 0 Å². The van der Waals surface area contributed by atoms with Gasteiger partial charge in [-0.05, 0) is 30.3 Å². The van der Waals surface area contributed by atoms with Crippen molar-refractivity contribution in [2.45, 2.75) is 13.5 Å². The van der Waals surface area contributed by atoms with E-state index in [2.05, 4.69) is 11.8 Å². The number of nitrogens with two attached hydrogens (primary N) is 2. The van der Waals surface area contributed by atoms with Gasteiger partial charge < -0.3 is 16.6 Å². The minimum atomic E-state index is 0. The monoisotopic (exact) mass is 245 g/mol. The summed E-state index contributed by atoms with van der Waals surface area (Å²) in [4.78, 5) is 2.12. The van der Waals surface area contributed by atoms with Gasteiger partial charge in [0.25, 0.3) is 0 Å². The van der Waals surface area contributed by atoms with Gasteiger partial charge in [0, 0.05) is 24.5 Å². The molecule has 0 saturated carbocycles. The van der Waals surface area contributed by atoms with Crippen LogP contribution in [0.25, 0.3) is 0 Å². The van der Waals surface area contributed by atoms with Crippen molar-refractivity contribution in [2.24, 2.45) is 0 Å². The Bertz CT molecular complexity index is 320. The molecule has 0 aliphatic rings. The number of hydrogen-bond donors (Lipinski definition) is 3. The second-order valence-electron chi connectivity index (χ2n) is 3.55. The van der Waals surface area contributed by atoms with E-state index in [1.54, 1.807) is 6.07 Å². The summed E-state index contributed by atoms with van der Waals surface area (Å²) >= 11 is 0. The van der Waals surface area contributed by atoms with Crippen LogP contribution in [-0.4, -0.2) is 29.7 Å². The zero-order valence-corrected chi connectivity index (χ0v) is 10.3. The van der Waals surface area contributed by atoms with E-state index in [-0.39, 0.29) is 19.0 Å². The van der Waals surface area contributed by atoms with Crippen LogP contribution in [0.4, 0.5) is 11.4 Å². The minimum Gasteiger partial charge on any atom is -0.399 e. The molecule has 0 amide bonds. The Morgan fingerprint density at radius 2 is 2.00 bits per heavy atom. The lowest BCUT2D eigenvalue weighted by Crippen LogP contribution is -2.26. The average molecular weight is 246 g/mol. The van der Waals surface area contributed by atoms with Gasteiger partial charge in [-0.25, -0.2) is 0 Å². The standard InChI is InChI=1S/C11H19N3O.ClH/c1-2-14(5-6-15)8-9-7-10(12)3-4-11(9)13;/h3-4,7,15H,2,5-6,8,12-13H2,1H3;1H. The Labute approximate surface area is 103 Å². The molecule has 4 nitrogen and oxygen atoms in total. The SMILES string of the molecule is CCN(CCO)Cc1cc(N)ccc1N.Cl. The van der Waals surface area contributed by atoms with Gasteiger partial charge in [-0.2, -0.15) is 0 Å². The highest BCUT2D eigenvalue weighted by Crippen LogP contribution is 2.17. The maximum Gasteiger partial charge on any atom is 0.0558 e.